The Hall–Kier alpha value is -2.51. The minimum atomic E-state index is -0.978. The predicted octanol–water partition coefficient (Wildman–Crippen LogP) is 1.34. The summed E-state index contributed by atoms with van der Waals surface area (Å²) in [6.07, 6.45) is 3.93. The molecule has 1 aromatic carbocycles. The molecule has 1 unspecified atom stereocenters. The molecule has 2 heterocycles. The van der Waals surface area contributed by atoms with E-state index < -0.39 is 5.60 Å². The van der Waals surface area contributed by atoms with Crippen molar-refractivity contribution in [1.82, 2.24) is 14.9 Å². The summed E-state index contributed by atoms with van der Waals surface area (Å²) in [6, 6.07) is 9.12. The summed E-state index contributed by atoms with van der Waals surface area (Å²) in [5.74, 6) is 0.482. The molecule has 1 aromatic heterocycles. The predicted molar refractivity (Wildman–Crippen MR) is 97.9 cm³/mol. The number of hydrogen-bond donors (Lipinski definition) is 1. The third kappa shape index (κ3) is 4.17. The van der Waals surface area contributed by atoms with E-state index in [0.29, 0.717) is 37.6 Å². The topological polar surface area (TPSA) is 78.8 Å². The molecule has 1 saturated heterocycles. The highest BCUT2D eigenvalue weighted by molar-refractivity contribution is 5.94. The molecule has 138 valence electrons. The highest BCUT2D eigenvalue weighted by Crippen LogP contribution is 2.25. The zero-order chi connectivity index (χ0) is 18.6. The smallest absolute Gasteiger partial charge is 0.253 e. The Kier molecular flexibility index (Phi) is 5.49. The number of hydrogen-bond acceptors (Lipinski definition) is 6. The second-order valence-electron chi connectivity index (χ2n) is 6.74. The van der Waals surface area contributed by atoms with Gasteiger partial charge in [-0.25, -0.2) is 9.97 Å². The molecule has 2 aromatic rings. The standard InChI is InChI=1S/C19H24N4O3/c1-22(17(24)16-6-3-5-15(11-16)12-26-2)13-19(25)7-10-23(14-19)18-20-8-4-9-21-18/h3-6,8-9,11,25H,7,10,12-14H2,1-2H3. The number of nitrogens with zero attached hydrogens (tertiary/aromatic N) is 4. The van der Waals surface area contributed by atoms with E-state index in [2.05, 4.69) is 9.97 Å². The number of benzene rings is 1. The van der Waals surface area contributed by atoms with Gasteiger partial charge in [-0.2, -0.15) is 0 Å². The Morgan fingerprint density at radius 1 is 1.35 bits per heavy atom. The molecule has 0 bridgehead atoms. The summed E-state index contributed by atoms with van der Waals surface area (Å²) >= 11 is 0. The molecule has 1 fully saturated rings. The molecule has 0 radical (unpaired) electrons. The van der Waals surface area contributed by atoms with Crippen molar-refractivity contribution in [2.24, 2.45) is 0 Å². The first-order chi connectivity index (χ1) is 12.5. The van der Waals surface area contributed by atoms with Crippen LogP contribution in [0.25, 0.3) is 0 Å². The van der Waals surface area contributed by atoms with Crippen LogP contribution in [0, 0.1) is 0 Å². The SMILES string of the molecule is COCc1cccc(C(=O)N(C)CC2(O)CCN(c3ncccn3)C2)c1. The zero-order valence-electron chi connectivity index (χ0n) is 15.1. The normalized spacial score (nSPS) is 19.6. The van der Waals surface area contributed by atoms with E-state index in [-0.39, 0.29) is 12.5 Å². The molecule has 0 aliphatic carbocycles. The van der Waals surface area contributed by atoms with E-state index in [0.717, 1.165) is 5.56 Å². The number of rotatable bonds is 6. The maximum Gasteiger partial charge on any atom is 0.253 e. The highest BCUT2D eigenvalue weighted by Gasteiger charge is 2.39. The Balaban J connectivity index is 1.64. The van der Waals surface area contributed by atoms with Crippen LogP contribution in [0.2, 0.25) is 0 Å². The fourth-order valence-corrected chi connectivity index (χ4v) is 3.31. The van der Waals surface area contributed by atoms with Crippen LogP contribution in [-0.4, -0.2) is 65.3 Å². The number of carbonyl (C=O) groups excluding carboxylic acids is 1. The van der Waals surface area contributed by atoms with Crippen LogP contribution < -0.4 is 4.90 Å². The molecule has 1 amide bonds. The molecule has 26 heavy (non-hydrogen) atoms. The summed E-state index contributed by atoms with van der Waals surface area (Å²) in [5.41, 5.74) is 0.555. The first-order valence-corrected chi connectivity index (χ1v) is 8.58. The van der Waals surface area contributed by atoms with Gasteiger partial charge in [0.25, 0.3) is 5.91 Å². The first-order valence-electron chi connectivity index (χ1n) is 8.58. The maximum atomic E-state index is 12.7. The van der Waals surface area contributed by atoms with E-state index in [4.69, 9.17) is 4.74 Å². The average Bonchev–Trinajstić information content (AvgIpc) is 3.04. The molecular formula is C19H24N4O3. The van der Waals surface area contributed by atoms with Crippen LogP contribution in [0.5, 0.6) is 0 Å². The van der Waals surface area contributed by atoms with Gasteiger partial charge < -0.3 is 19.6 Å². The van der Waals surface area contributed by atoms with Crippen molar-refractivity contribution < 1.29 is 14.6 Å². The van der Waals surface area contributed by atoms with Gasteiger partial charge in [0.05, 0.1) is 19.7 Å². The second kappa shape index (κ2) is 7.80. The summed E-state index contributed by atoms with van der Waals surface area (Å²) in [7, 11) is 3.34. The minimum Gasteiger partial charge on any atom is -0.386 e. The van der Waals surface area contributed by atoms with Crippen LogP contribution in [-0.2, 0) is 11.3 Å². The van der Waals surface area contributed by atoms with Crippen LogP contribution in [0.3, 0.4) is 0 Å². The van der Waals surface area contributed by atoms with Gasteiger partial charge in [-0.05, 0) is 30.2 Å². The number of amides is 1. The third-order valence-corrected chi connectivity index (χ3v) is 4.53. The van der Waals surface area contributed by atoms with E-state index >= 15 is 0 Å². The largest absolute Gasteiger partial charge is 0.386 e. The van der Waals surface area contributed by atoms with Gasteiger partial charge in [0.15, 0.2) is 0 Å². The average molecular weight is 356 g/mol. The van der Waals surface area contributed by atoms with Gasteiger partial charge in [-0.1, -0.05) is 12.1 Å². The number of likely N-dealkylation sites (N-methyl/N-ethyl adjacent to an activating group) is 1. The summed E-state index contributed by atoms with van der Waals surface area (Å²) in [4.78, 5) is 24.7. The van der Waals surface area contributed by atoms with Crippen LogP contribution in [0.4, 0.5) is 5.95 Å². The lowest BCUT2D eigenvalue weighted by Gasteiger charge is -2.29. The fraction of sp³-hybridized carbons (Fsp3) is 0.421. The van der Waals surface area contributed by atoms with Crippen molar-refractivity contribution in [3.8, 4) is 0 Å². The molecule has 1 N–H and O–H groups in total. The number of β-amino-alcohol motifs (C(OH)–C–C–N with tert-alkyl or cyclic N) is 1. The molecule has 0 spiro atoms. The molecular weight excluding hydrogens is 332 g/mol. The number of aliphatic hydroxyl groups is 1. The lowest BCUT2D eigenvalue weighted by molar-refractivity contribution is 0.0264. The lowest BCUT2D eigenvalue weighted by atomic mass is 10.0. The lowest BCUT2D eigenvalue weighted by Crippen LogP contribution is -2.46. The van der Waals surface area contributed by atoms with Gasteiger partial charge in [-0.3, -0.25) is 4.79 Å². The van der Waals surface area contributed by atoms with E-state index in [1.165, 1.54) is 0 Å². The van der Waals surface area contributed by atoms with Gasteiger partial charge in [0.2, 0.25) is 5.95 Å². The Labute approximate surface area is 153 Å². The van der Waals surface area contributed by atoms with E-state index in [1.807, 2.05) is 23.1 Å². The Morgan fingerprint density at radius 2 is 2.12 bits per heavy atom. The van der Waals surface area contributed by atoms with Crippen molar-refractivity contribution in [2.45, 2.75) is 18.6 Å². The summed E-state index contributed by atoms with van der Waals surface area (Å²) < 4.78 is 5.12. The van der Waals surface area contributed by atoms with Gasteiger partial charge in [0, 0.05) is 38.7 Å². The molecule has 1 aliphatic rings. The maximum absolute atomic E-state index is 12.7. The van der Waals surface area contributed by atoms with Crippen molar-refractivity contribution >= 4 is 11.9 Å². The molecule has 7 heteroatoms. The first kappa shape index (κ1) is 18.3. The number of ether oxygens (including phenoxy) is 1. The number of aromatic nitrogens is 2. The van der Waals surface area contributed by atoms with Crippen LogP contribution >= 0.6 is 0 Å². The summed E-state index contributed by atoms with van der Waals surface area (Å²) in [5, 5.41) is 10.9. The number of carbonyl (C=O) groups is 1. The Morgan fingerprint density at radius 3 is 2.85 bits per heavy atom. The van der Waals surface area contributed by atoms with Crippen LogP contribution in [0.15, 0.2) is 42.7 Å². The zero-order valence-corrected chi connectivity index (χ0v) is 15.1. The van der Waals surface area contributed by atoms with E-state index in [9.17, 15) is 9.90 Å². The molecule has 1 atom stereocenters. The Bertz CT molecular complexity index is 755. The molecule has 1 aliphatic heterocycles. The second-order valence-corrected chi connectivity index (χ2v) is 6.74. The summed E-state index contributed by atoms with van der Waals surface area (Å²) in [6.45, 7) is 1.77. The van der Waals surface area contributed by atoms with E-state index in [1.54, 1.807) is 43.6 Å². The molecule has 3 rings (SSSR count). The van der Waals surface area contributed by atoms with Crippen molar-refractivity contribution in [3.05, 3.63) is 53.9 Å². The van der Waals surface area contributed by atoms with Gasteiger partial charge >= 0.3 is 0 Å². The van der Waals surface area contributed by atoms with Gasteiger partial charge in [0.1, 0.15) is 5.60 Å². The minimum absolute atomic E-state index is 0.120. The molecule has 0 saturated carbocycles. The molecule has 7 nitrogen and oxygen atoms in total. The quantitative estimate of drug-likeness (QED) is 0.841. The highest BCUT2D eigenvalue weighted by atomic mass is 16.5. The van der Waals surface area contributed by atoms with Crippen molar-refractivity contribution in [3.63, 3.8) is 0 Å². The van der Waals surface area contributed by atoms with Gasteiger partial charge in [-0.15, -0.1) is 0 Å². The van der Waals surface area contributed by atoms with Crippen LogP contribution in [0.1, 0.15) is 22.3 Å². The number of anilines is 1. The van der Waals surface area contributed by atoms with Crippen molar-refractivity contribution in [1.29, 1.82) is 0 Å². The third-order valence-electron chi connectivity index (χ3n) is 4.53. The fourth-order valence-electron chi connectivity index (χ4n) is 3.31. The van der Waals surface area contributed by atoms with Crippen molar-refractivity contribution in [2.75, 3.05) is 38.7 Å². The monoisotopic (exact) mass is 356 g/mol. The number of methoxy groups -OCH3 is 1.